The van der Waals surface area contributed by atoms with Gasteiger partial charge in [0.1, 0.15) is 5.75 Å². The van der Waals surface area contributed by atoms with Crippen molar-refractivity contribution in [1.82, 2.24) is 19.9 Å². The summed E-state index contributed by atoms with van der Waals surface area (Å²) < 4.78 is 6.57. The molecule has 0 bridgehead atoms. The highest BCUT2D eigenvalue weighted by molar-refractivity contribution is 6.07. The molecule has 2 fully saturated rings. The molecule has 10 nitrogen and oxygen atoms in total. The highest BCUT2D eigenvalue weighted by atomic mass is 16.5. The van der Waals surface area contributed by atoms with Crippen molar-refractivity contribution in [3.8, 4) is 22.9 Å². The lowest BCUT2D eigenvalue weighted by atomic mass is 10.0. The first-order valence-corrected chi connectivity index (χ1v) is 14.5. The van der Waals surface area contributed by atoms with Crippen molar-refractivity contribution in [2.75, 3.05) is 23.3 Å². The number of hydrogen-bond donors (Lipinski definition) is 2. The minimum atomic E-state index is -0.915. The van der Waals surface area contributed by atoms with Crippen LogP contribution in [0.2, 0.25) is 0 Å². The second-order valence-corrected chi connectivity index (χ2v) is 10.9. The third-order valence-electron chi connectivity index (χ3n) is 8.17. The van der Waals surface area contributed by atoms with Gasteiger partial charge < -0.3 is 25.0 Å². The Balaban J connectivity index is 1.32. The van der Waals surface area contributed by atoms with E-state index in [0.717, 1.165) is 47.7 Å². The lowest BCUT2D eigenvalue weighted by molar-refractivity contribution is -0.117. The minimum absolute atomic E-state index is 0.0722. The van der Waals surface area contributed by atoms with E-state index in [9.17, 15) is 14.7 Å². The third-order valence-corrected chi connectivity index (χ3v) is 8.17. The Labute approximate surface area is 244 Å². The molecule has 216 valence electrons. The molecule has 2 amide bonds. The average molecular weight is 567 g/mol. The fourth-order valence-electron chi connectivity index (χ4n) is 6.02. The Morgan fingerprint density at radius 1 is 1.07 bits per heavy atom. The van der Waals surface area contributed by atoms with Gasteiger partial charge >= 0.3 is 6.09 Å². The summed E-state index contributed by atoms with van der Waals surface area (Å²) in [4.78, 5) is 41.4. The Hall–Kier alpha value is -4.73. The number of anilines is 2. The van der Waals surface area contributed by atoms with Gasteiger partial charge in [-0.1, -0.05) is 31.2 Å². The standard InChI is InChI=1S/C32H34N6O4/c1-3-22-12-14-28(39)38(22)27-10-4-8-24-23(27)13-11-20(2)29(24)42-30-25(9-5-16-33-30)26-15-17-34-31(36-26)35-21-7-6-18-37(19-21)32(40)41/h4-5,8-11,13,15-17,21-22H,3,6-7,12,14,18-19H2,1-2H3,(H,40,41)(H,34,35,36)/t21-,22?/m0/s1. The molecule has 2 aromatic heterocycles. The Morgan fingerprint density at radius 3 is 2.79 bits per heavy atom. The number of likely N-dealkylation sites (tertiary alicyclic amines) is 1. The second-order valence-electron chi connectivity index (χ2n) is 10.9. The first kappa shape index (κ1) is 27.4. The summed E-state index contributed by atoms with van der Waals surface area (Å²) in [5, 5.41) is 14.6. The third kappa shape index (κ3) is 5.32. The predicted octanol–water partition coefficient (Wildman–Crippen LogP) is 6.25. The van der Waals surface area contributed by atoms with E-state index in [1.807, 2.05) is 48.2 Å². The van der Waals surface area contributed by atoms with Gasteiger partial charge in [-0.2, -0.15) is 0 Å². The number of nitrogens with one attached hydrogen (secondary N) is 1. The zero-order valence-electron chi connectivity index (χ0n) is 23.8. The number of piperidine rings is 1. The molecule has 0 radical (unpaired) electrons. The Kier molecular flexibility index (Phi) is 7.60. The van der Waals surface area contributed by atoms with Gasteiger partial charge in [0.25, 0.3) is 0 Å². The number of carboxylic acid groups (broad SMARTS) is 1. The van der Waals surface area contributed by atoms with Crippen LogP contribution < -0.4 is 15.0 Å². The van der Waals surface area contributed by atoms with Crippen LogP contribution in [0.5, 0.6) is 11.6 Å². The highest BCUT2D eigenvalue weighted by Gasteiger charge is 2.32. The van der Waals surface area contributed by atoms with Gasteiger partial charge in [0, 0.05) is 54.8 Å². The maximum absolute atomic E-state index is 12.9. The van der Waals surface area contributed by atoms with Gasteiger partial charge in [-0.15, -0.1) is 0 Å². The van der Waals surface area contributed by atoms with Gasteiger partial charge in [0.05, 0.1) is 16.9 Å². The summed E-state index contributed by atoms with van der Waals surface area (Å²) in [6, 6.07) is 15.7. The molecule has 10 heteroatoms. The molecule has 2 aliphatic heterocycles. The van der Waals surface area contributed by atoms with Crippen molar-refractivity contribution < 1.29 is 19.4 Å². The van der Waals surface area contributed by atoms with E-state index in [-0.39, 0.29) is 18.0 Å². The molecular weight excluding hydrogens is 532 g/mol. The zero-order valence-corrected chi connectivity index (χ0v) is 23.8. The number of hydrogen-bond acceptors (Lipinski definition) is 7. The van der Waals surface area contributed by atoms with Gasteiger partial charge in [-0.25, -0.2) is 19.7 Å². The van der Waals surface area contributed by atoms with E-state index < -0.39 is 6.09 Å². The summed E-state index contributed by atoms with van der Waals surface area (Å²) in [6.07, 6.45) is 6.39. The molecule has 2 atom stereocenters. The fraction of sp³-hybridized carbons (Fsp3) is 0.344. The molecule has 2 saturated heterocycles. The summed E-state index contributed by atoms with van der Waals surface area (Å²) in [5.74, 6) is 1.66. The number of amides is 2. The van der Waals surface area contributed by atoms with E-state index >= 15 is 0 Å². The van der Waals surface area contributed by atoms with Gasteiger partial charge in [-0.3, -0.25) is 4.79 Å². The maximum Gasteiger partial charge on any atom is 0.407 e. The number of carbonyl (C=O) groups is 2. The molecule has 0 saturated carbocycles. The van der Waals surface area contributed by atoms with E-state index in [2.05, 4.69) is 28.3 Å². The lowest BCUT2D eigenvalue weighted by Gasteiger charge is -2.31. The number of ether oxygens (including phenoxy) is 1. The molecule has 42 heavy (non-hydrogen) atoms. The van der Waals surface area contributed by atoms with Crippen molar-refractivity contribution in [3.63, 3.8) is 0 Å². The first-order chi connectivity index (χ1) is 20.4. The van der Waals surface area contributed by atoms with Crippen LogP contribution in [0, 0.1) is 6.92 Å². The minimum Gasteiger partial charge on any atom is -0.465 e. The smallest absolute Gasteiger partial charge is 0.407 e. The van der Waals surface area contributed by atoms with Crippen LogP contribution in [-0.2, 0) is 4.79 Å². The summed E-state index contributed by atoms with van der Waals surface area (Å²) >= 11 is 0. The number of aromatic nitrogens is 3. The number of rotatable bonds is 7. The highest BCUT2D eigenvalue weighted by Crippen LogP contribution is 2.41. The van der Waals surface area contributed by atoms with Gasteiger partial charge in [0.2, 0.25) is 17.7 Å². The normalized spacial score (nSPS) is 18.9. The molecule has 0 aliphatic carbocycles. The number of fused-ring (bicyclic) bond motifs is 1. The summed E-state index contributed by atoms with van der Waals surface area (Å²) in [5.41, 5.74) is 3.19. The predicted molar refractivity (Wildman–Crippen MR) is 161 cm³/mol. The van der Waals surface area contributed by atoms with Crippen molar-refractivity contribution in [2.24, 2.45) is 0 Å². The van der Waals surface area contributed by atoms with Crippen molar-refractivity contribution in [1.29, 1.82) is 0 Å². The SMILES string of the molecule is CCC1CCC(=O)N1c1cccc2c(Oc3ncccc3-c3ccnc(N[C@H]4CCCN(C(=O)O)C4)n3)c(C)ccc12. The van der Waals surface area contributed by atoms with Crippen LogP contribution in [-0.4, -0.2) is 62.1 Å². The number of carbonyl (C=O) groups excluding carboxylic acids is 1. The maximum atomic E-state index is 12.9. The molecule has 0 spiro atoms. The van der Waals surface area contributed by atoms with E-state index in [0.29, 0.717) is 48.3 Å². The molecule has 1 unspecified atom stereocenters. The number of nitrogens with zero attached hydrogens (tertiary/aromatic N) is 5. The van der Waals surface area contributed by atoms with Crippen LogP contribution in [0.1, 0.15) is 44.6 Å². The zero-order chi connectivity index (χ0) is 29.2. The van der Waals surface area contributed by atoms with E-state index in [1.165, 1.54) is 4.90 Å². The Bertz CT molecular complexity index is 1640. The fourth-order valence-corrected chi connectivity index (χ4v) is 6.02. The number of benzene rings is 2. The van der Waals surface area contributed by atoms with Crippen LogP contribution in [0.15, 0.2) is 60.9 Å². The van der Waals surface area contributed by atoms with Gasteiger partial charge in [-0.05, 0) is 62.4 Å². The Morgan fingerprint density at radius 2 is 1.95 bits per heavy atom. The van der Waals surface area contributed by atoms with Crippen molar-refractivity contribution in [3.05, 3.63) is 66.5 Å². The topological polar surface area (TPSA) is 121 Å². The first-order valence-electron chi connectivity index (χ1n) is 14.5. The number of aryl methyl sites for hydroxylation is 1. The van der Waals surface area contributed by atoms with E-state index in [1.54, 1.807) is 18.5 Å². The van der Waals surface area contributed by atoms with Crippen LogP contribution in [0.4, 0.5) is 16.4 Å². The van der Waals surface area contributed by atoms with Crippen molar-refractivity contribution >= 4 is 34.4 Å². The van der Waals surface area contributed by atoms with Crippen LogP contribution in [0.25, 0.3) is 22.0 Å². The van der Waals surface area contributed by atoms with Crippen LogP contribution in [0.3, 0.4) is 0 Å². The number of pyridine rings is 1. The molecule has 4 aromatic rings. The van der Waals surface area contributed by atoms with E-state index in [4.69, 9.17) is 9.72 Å². The molecule has 6 rings (SSSR count). The molecular formula is C32H34N6O4. The van der Waals surface area contributed by atoms with Gasteiger partial charge in [0.15, 0.2) is 0 Å². The second kappa shape index (κ2) is 11.6. The van der Waals surface area contributed by atoms with Crippen LogP contribution >= 0.6 is 0 Å². The molecule has 2 aliphatic rings. The molecule has 2 N–H and O–H groups in total. The van der Waals surface area contributed by atoms with Crippen molar-refractivity contribution in [2.45, 2.75) is 58.0 Å². The average Bonchev–Trinajstić information content (AvgIpc) is 3.38. The monoisotopic (exact) mass is 566 g/mol. The quantitative estimate of drug-likeness (QED) is 0.269. The molecule has 2 aromatic carbocycles. The lowest BCUT2D eigenvalue weighted by Crippen LogP contribution is -2.44. The molecule has 4 heterocycles. The summed E-state index contributed by atoms with van der Waals surface area (Å²) in [6.45, 7) is 5.04. The largest absolute Gasteiger partial charge is 0.465 e. The summed E-state index contributed by atoms with van der Waals surface area (Å²) in [7, 11) is 0.